The van der Waals surface area contributed by atoms with Crippen molar-refractivity contribution in [1.29, 1.82) is 0 Å². The predicted molar refractivity (Wildman–Crippen MR) is 79.0 cm³/mol. The van der Waals surface area contributed by atoms with Gasteiger partial charge in [0, 0.05) is 6.42 Å². The quantitative estimate of drug-likeness (QED) is 0.591. The second kappa shape index (κ2) is 8.16. The Morgan fingerprint density at radius 1 is 0.944 bits per heavy atom. The topological polar surface area (TPSA) is 18.5 Å². The lowest BCUT2D eigenvalue weighted by molar-refractivity contribution is -0.114. The summed E-state index contributed by atoms with van der Waals surface area (Å²) in [4.78, 5) is 0. The first kappa shape index (κ1) is 17.9. The molecule has 0 rings (SSSR count). The third-order valence-corrected chi connectivity index (χ3v) is 3.13. The van der Waals surface area contributed by atoms with Crippen LogP contribution in [-0.4, -0.2) is 23.9 Å². The molecule has 110 valence electrons. The van der Waals surface area contributed by atoms with Crippen molar-refractivity contribution in [3.63, 3.8) is 0 Å². The monoisotopic (exact) mass is 258 g/mol. The zero-order chi connectivity index (χ0) is 14.3. The van der Waals surface area contributed by atoms with Gasteiger partial charge in [0.2, 0.25) is 0 Å². The summed E-state index contributed by atoms with van der Waals surface area (Å²) in [7, 11) is 0. The fourth-order valence-corrected chi connectivity index (χ4v) is 2.42. The van der Waals surface area contributed by atoms with Gasteiger partial charge < -0.3 is 9.47 Å². The van der Waals surface area contributed by atoms with Crippen LogP contribution in [0.15, 0.2) is 0 Å². The Labute approximate surface area is 114 Å². The van der Waals surface area contributed by atoms with Crippen LogP contribution in [0.3, 0.4) is 0 Å². The maximum atomic E-state index is 6.10. The Morgan fingerprint density at radius 3 is 1.83 bits per heavy atom. The Bertz CT molecular complexity index is 201. The molecule has 0 amide bonds. The van der Waals surface area contributed by atoms with Crippen molar-refractivity contribution in [1.82, 2.24) is 0 Å². The van der Waals surface area contributed by atoms with Crippen LogP contribution < -0.4 is 0 Å². The van der Waals surface area contributed by atoms with Crippen molar-refractivity contribution in [3.05, 3.63) is 0 Å². The van der Waals surface area contributed by atoms with Crippen molar-refractivity contribution >= 4 is 0 Å². The lowest BCUT2D eigenvalue weighted by atomic mass is 9.91. The Morgan fingerprint density at radius 2 is 1.50 bits per heavy atom. The molecule has 0 aliphatic rings. The van der Waals surface area contributed by atoms with Crippen molar-refractivity contribution in [3.8, 4) is 0 Å². The minimum absolute atomic E-state index is 0.0669. The summed E-state index contributed by atoms with van der Waals surface area (Å²) in [5.74, 6) is 0.661. The molecule has 2 unspecified atom stereocenters. The molecular weight excluding hydrogens is 224 g/mol. The van der Waals surface area contributed by atoms with Crippen LogP contribution in [0.1, 0.15) is 74.7 Å². The summed E-state index contributed by atoms with van der Waals surface area (Å²) in [6.45, 7) is 17.4. The summed E-state index contributed by atoms with van der Waals surface area (Å²) in [5, 5.41) is 0. The van der Waals surface area contributed by atoms with Crippen LogP contribution in [-0.2, 0) is 9.47 Å². The molecule has 0 spiro atoms. The van der Waals surface area contributed by atoms with E-state index < -0.39 is 0 Å². The maximum absolute atomic E-state index is 6.10. The highest BCUT2D eigenvalue weighted by Gasteiger charge is 2.29. The third kappa shape index (κ3) is 8.10. The minimum Gasteiger partial charge on any atom is -0.375 e. The highest BCUT2D eigenvalue weighted by Crippen LogP contribution is 2.28. The number of hydrogen-bond donors (Lipinski definition) is 0. The van der Waals surface area contributed by atoms with Crippen molar-refractivity contribution in [2.45, 2.75) is 98.6 Å². The molecule has 0 aliphatic heterocycles. The summed E-state index contributed by atoms with van der Waals surface area (Å²) in [6.07, 6.45) is 3.98. The van der Waals surface area contributed by atoms with Crippen LogP contribution in [0.2, 0.25) is 0 Å². The van der Waals surface area contributed by atoms with Gasteiger partial charge in [-0.15, -0.1) is 0 Å². The second-order valence-corrected chi connectivity index (χ2v) is 6.61. The molecular formula is C16H34O2. The van der Waals surface area contributed by atoms with E-state index in [0.29, 0.717) is 12.0 Å². The Kier molecular flexibility index (Phi) is 8.13. The maximum Gasteiger partial charge on any atom is 0.0680 e. The smallest absolute Gasteiger partial charge is 0.0680 e. The molecule has 2 nitrogen and oxygen atoms in total. The van der Waals surface area contributed by atoms with Gasteiger partial charge in [-0.25, -0.2) is 0 Å². The van der Waals surface area contributed by atoms with Gasteiger partial charge in [0.05, 0.1) is 23.9 Å². The lowest BCUT2D eigenvalue weighted by Crippen LogP contribution is -2.37. The SMILES string of the molecule is CCC(C)(CC(CC(C)C)OC(C)C)OC(C)C. The van der Waals surface area contributed by atoms with Gasteiger partial charge in [-0.05, 0) is 53.4 Å². The molecule has 18 heavy (non-hydrogen) atoms. The fraction of sp³-hybridized carbons (Fsp3) is 1.00. The van der Waals surface area contributed by atoms with E-state index in [0.717, 1.165) is 19.3 Å². The standard InChI is InChI=1S/C16H34O2/c1-9-16(8,18-14(6)7)11-15(10-12(2)3)17-13(4)5/h12-15H,9-11H2,1-8H3. The van der Waals surface area contributed by atoms with E-state index in [9.17, 15) is 0 Å². The first-order valence-electron chi connectivity index (χ1n) is 7.51. The zero-order valence-electron chi connectivity index (χ0n) is 13.7. The molecule has 2 atom stereocenters. The lowest BCUT2D eigenvalue weighted by Gasteiger charge is -2.35. The van der Waals surface area contributed by atoms with Crippen molar-refractivity contribution in [2.75, 3.05) is 0 Å². The molecule has 0 aromatic carbocycles. The van der Waals surface area contributed by atoms with E-state index in [2.05, 4.69) is 55.4 Å². The van der Waals surface area contributed by atoms with Gasteiger partial charge >= 0.3 is 0 Å². The van der Waals surface area contributed by atoms with Crippen LogP contribution in [0, 0.1) is 5.92 Å². The van der Waals surface area contributed by atoms with E-state index in [1.54, 1.807) is 0 Å². The summed E-state index contributed by atoms with van der Waals surface area (Å²) < 4.78 is 12.2. The van der Waals surface area contributed by atoms with Crippen LogP contribution in [0.25, 0.3) is 0 Å². The van der Waals surface area contributed by atoms with E-state index in [4.69, 9.17) is 9.47 Å². The van der Waals surface area contributed by atoms with Crippen molar-refractivity contribution in [2.24, 2.45) is 5.92 Å². The normalized spacial score (nSPS) is 17.5. The molecule has 0 saturated carbocycles. The van der Waals surface area contributed by atoms with Gasteiger partial charge in [-0.3, -0.25) is 0 Å². The Hall–Kier alpha value is -0.0800. The zero-order valence-corrected chi connectivity index (χ0v) is 13.7. The van der Waals surface area contributed by atoms with Gasteiger partial charge in [0.25, 0.3) is 0 Å². The summed E-state index contributed by atoms with van der Waals surface area (Å²) in [5.41, 5.74) is -0.0669. The van der Waals surface area contributed by atoms with E-state index in [-0.39, 0.29) is 17.8 Å². The molecule has 0 radical (unpaired) electrons. The first-order valence-corrected chi connectivity index (χ1v) is 7.51. The van der Waals surface area contributed by atoms with Gasteiger partial charge in [0.1, 0.15) is 0 Å². The van der Waals surface area contributed by atoms with Gasteiger partial charge in [0.15, 0.2) is 0 Å². The molecule has 0 bridgehead atoms. The van der Waals surface area contributed by atoms with E-state index in [1.165, 1.54) is 0 Å². The summed E-state index contributed by atoms with van der Waals surface area (Å²) in [6, 6.07) is 0. The molecule has 0 aromatic heterocycles. The fourth-order valence-electron chi connectivity index (χ4n) is 2.42. The minimum atomic E-state index is -0.0669. The van der Waals surface area contributed by atoms with E-state index >= 15 is 0 Å². The number of hydrogen-bond acceptors (Lipinski definition) is 2. The molecule has 0 aliphatic carbocycles. The highest BCUT2D eigenvalue weighted by molar-refractivity contribution is 4.80. The molecule has 0 fully saturated rings. The third-order valence-electron chi connectivity index (χ3n) is 3.13. The summed E-state index contributed by atoms with van der Waals surface area (Å²) >= 11 is 0. The van der Waals surface area contributed by atoms with Crippen molar-refractivity contribution < 1.29 is 9.47 Å². The van der Waals surface area contributed by atoms with Gasteiger partial charge in [-0.2, -0.15) is 0 Å². The highest BCUT2D eigenvalue weighted by atomic mass is 16.5. The largest absolute Gasteiger partial charge is 0.375 e. The van der Waals surface area contributed by atoms with Gasteiger partial charge in [-0.1, -0.05) is 20.8 Å². The molecule has 0 saturated heterocycles. The second-order valence-electron chi connectivity index (χ2n) is 6.61. The predicted octanol–water partition coefficient (Wildman–Crippen LogP) is 4.81. The average molecular weight is 258 g/mol. The van der Waals surface area contributed by atoms with Crippen LogP contribution in [0.4, 0.5) is 0 Å². The molecule has 2 heteroatoms. The molecule has 0 aromatic rings. The number of rotatable bonds is 9. The Balaban J connectivity index is 4.59. The van der Waals surface area contributed by atoms with E-state index in [1.807, 2.05) is 0 Å². The van der Waals surface area contributed by atoms with Crippen LogP contribution in [0.5, 0.6) is 0 Å². The average Bonchev–Trinajstić information content (AvgIpc) is 2.13. The molecule has 0 heterocycles. The first-order chi connectivity index (χ1) is 8.18. The molecule has 0 N–H and O–H groups in total. The number of ether oxygens (including phenoxy) is 2. The van der Waals surface area contributed by atoms with Crippen LogP contribution >= 0.6 is 0 Å².